The molecule has 1 fully saturated rings. The number of fused-ring (bicyclic) bond motifs is 1. The highest BCUT2D eigenvalue weighted by atomic mass is 32.1. The molecule has 3 aromatic rings. The van der Waals surface area contributed by atoms with Crippen LogP contribution in [0.1, 0.15) is 35.9 Å². The van der Waals surface area contributed by atoms with Gasteiger partial charge in [0, 0.05) is 13.0 Å². The number of carbonyl (C=O) groups excluding carboxylic acids is 1. The molecule has 0 bridgehead atoms. The van der Waals surface area contributed by atoms with Gasteiger partial charge in [-0.2, -0.15) is 0 Å². The summed E-state index contributed by atoms with van der Waals surface area (Å²) in [7, 11) is 0. The van der Waals surface area contributed by atoms with Gasteiger partial charge in [0.15, 0.2) is 0 Å². The van der Waals surface area contributed by atoms with E-state index >= 15 is 0 Å². The predicted octanol–water partition coefficient (Wildman–Crippen LogP) is 4.73. The molecule has 2 aromatic carbocycles. The summed E-state index contributed by atoms with van der Waals surface area (Å²) in [5.41, 5.74) is 1.60. The van der Waals surface area contributed by atoms with Crippen molar-refractivity contribution in [2.24, 2.45) is 0 Å². The number of para-hydroxylation sites is 1. The van der Waals surface area contributed by atoms with Gasteiger partial charge in [0.25, 0.3) is 0 Å². The van der Waals surface area contributed by atoms with Gasteiger partial charge >= 0.3 is 0 Å². The Bertz CT molecular complexity index is 874. The number of amides is 1. The zero-order valence-electron chi connectivity index (χ0n) is 13.8. The fourth-order valence-corrected chi connectivity index (χ4v) is 4.56. The lowest BCUT2D eigenvalue weighted by atomic mass is 10.1. The first-order chi connectivity index (χ1) is 12.2. The minimum Gasteiger partial charge on any atom is -0.333 e. The van der Waals surface area contributed by atoms with Crippen LogP contribution in [-0.2, 0) is 11.2 Å². The van der Waals surface area contributed by atoms with Crippen LogP contribution in [0.2, 0.25) is 0 Å². The van der Waals surface area contributed by atoms with Gasteiger partial charge in [-0.3, -0.25) is 4.79 Å². The quantitative estimate of drug-likeness (QED) is 0.678. The summed E-state index contributed by atoms with van der Waals surface area (Å²) >= 11 is 1.67. The lowest BCUT2D eigenvalue weighted by molar-refractivity contribution is -0.132. The van der Waals surface area contributed by atoms with Crippen molar-refractivity contribution in [3.05, 3.63) is 64.9 Å². The highest BCUT2D eigenvalue weighted by Crippen LogP contribution is 2.36. The van der Waals surface area contributed by atoms with Gasteiger partial charge in [-0.15, -0.1) is 11.3 Å². The molecule has 0 radical (unpaired) electrons. The van der Waals surface area contributed by atoms with E-state index in [-0.39, 0.29) is 17.8 Å². The summed E-state index contributed by atoms with van der Waals surface area (Å²) < 4.78 is 14.9. The predicted molar refractivity (Wildman–Crippen MR) is 98.0 cm³/mol. The van der Waals surface area contributed by atoms with Crippen molar-refractivity contribution < 1.29 is 9.18 Å². The largest absolute Gasteiger partial charge is 0.333 e. The van der Waals surface area contributed by atoms with Crippen LogP contribution in [-0.4, -0.2) is 22.3 Å². The van der Waals surface area contributed by atoms with Gasteiger partial charge < -0.3 is 4.90 Å². The topological polar surface area (TPSA) is 33.2 Å². The molecule has 1 saturated heterocycles. The van der Waals surface area contributed by atoms with Gasteiger partial charge in [0.2, 0.25) is 5.91 Å². The number of benzene rings is 2. The first kappa shape index (κ1) is 16.2. The Morgan fingerprint density at radius 3 is 2.84 bits per heavy atom. The number of rotatable bonds is 4. The standard InChI is InChI=1S/C20H19FN2OS/c21-15-7-2-1-6-14(15)11-12-19(24)23-13-5-9-17(23)20-22-16-8-3-4-10-18(16)25-20/h1-4,6-8,10,17H,5,9,11-13H2. The molecule has 0 spiro atoms. The molecule has 1 amide bonds. The summed E-state index contributed by atoms with van der Waals surface area (Å²) in [6, 6.07) is 14.8. The van der Waals surface area contributed by atoms with Crippen molar-refractivity contribution in [1.82, 2.24) is 9.88 Å². The molecule has 2 heterocycles. The molecular formula is C20H19FN2OS. The van der Waals surface area contributed by atoms with Gasteiger partial charge in [0.1, 0.15) is 10.8 Å². The number of hydrogen-bond donors (Lipinski definition) is 0. The van der Waals surface area contributed by atoms with Crippen molar-refractivity contribution >= 4 is 27.5 Å². The Hall–Kier alpha value is -2.27. The molecule has 5 heteroatoms. The van der Waals surface area contributed by atoms with Crippen LogP contribution in [0.3, 0.4) is 0 Å². The van der Waals surface area contributed by atoms with E-state index in [1.54, 1.807) is 23.5 Å². The summed E-state index contributed by atoms with van der Waals surface area (Å²) in [5, 5.41) is 1.01. The Morgan fingerprint density at radius 1 is 1.20 bits per heavy atom. The molecule has 128 valence electrons. The van der Waals surface area contributed by atoms with Crippen LogP contribution >= 0.6 is 11.3 Å². The van der Waals surface area contributed by atoms with E-state index in [2.05, 4.69) is 6.07 Å². The van der Waals surface area contributed by atoms with E-state index in [0.717, 1.165) is 34.6 Å². The number of hydrogen-bond acceptors (Lipinski definition) is 3. The maximum atomic E-state index is 13.7. The van der Waals surface area contributed by atoms with Gasteiger partial charge in [-0.05, 0) is 43.0 Å². The molecule has 0 saturated carbocycles. The number of nitrogens with zero attached hydrogens (tertiary/aromatic N) is 2. The third-order valence-corrected chi connectivity index (χ3v) is 5.87. The Balaban J connectivity index is 1.49. The normalized spacial score (nSPS) is 17.3. The second-order valence-corrected chi connectivity index (χ2v) is 7.42. The van der Waals surface area contributed by atoms with Crippen LogP contribution < -0.4 is 0 Å². The van der Waals surface area contributed by atoms with Crippen molar-refractivity contribution in [3.8, 4) is 0 Å². The highest BCUT2D eigenvalue weighted by molar-refractivity contribution is 7.18. The number of aryl methyl sites for hydroxylation is 1. The van der Waals surface area contributed by atoms with Crippen LogP contribution in [0.5, 0.6) is 0 Å². The van der Waals surface area contributed by atoms with Crippen LogP contribution in [0.4, 0.5) is 4.39 Å². The second kappa shape index (κ2) is 6.92. The SMILES string of the molecule is O=C(CCc1ccccc1F)N1CCCC1c1nc2ccccc2s1. The number of likely N-dealkylation sites (tertiary alicyclic amines) is 1. The van der Waals surface area contributed by atoms with E-state index in [1.807, 2.05) is 29.2 Å². The molecule has 0 aliphatic carbocycles. The highest BCUT2D eigenvalue weighted by Gasteiger charge is 2.31. The third-order valence-electron chi connectivity index (χ3n) is 4.73. The summed E-state index contributed by atoms with van der Waals surface area (Å²) in [5.74, 6) is -0.149. The fourth-order valence-electron chi connectivity index (χ4n) is 3.44. The first-order valence-electron chi connectivity index (χ1n) is 8.61. The molecule has 1 atom stereocenters. The van der Waals surface area contributed by atoms with E-state index in [0.29, 0.717) is 18.4 Å². The number of thiazole rings is 1. The summed E-state index contributed by atoms with van der Waals surface area (Å²) in [4.78, 5) is 19.4. The molecule has 1 unspecified atom stereocenters. The average Bonchev–Trinajstić information content (AvgIpc) is 3.27. The lowest BCUT2D eigenvalue weighted by Gasteiger charge is -2.23. The minimum absolute atomic E-state index is 0.0607. The van der Waals surface area contributed by atoms with Crippen molar-refractivity contribution in [2.75, 3.05) is 6.54 Å². The second-order valence-electron chi connectivity index (χ2n) is 6.36. The molecule has 4 rings (SSSR count). The molecule has 1 aliphatic rings. The van der Waals surface area contributed by atoms with Gasteiger partial charge in [-0.25, -0.2) is 9.37 Å². The van der Waals surface area contributed by atoms with Crippen LogP contribution in [0.25, 0.3) is 10.2 Å². The lowest BCUT2D eigenvalue weighted by Crippen LogP contribution is -2.30. The zero-order chi connectivity index (χ0) is 17.2. The van der Waals surface area contributed by atoms with E-state index in [4.69, 9.17) is 4.98 Å². The van der Waals surface area contributed by atoms with Crippen molar-refractivity contribution in [1.29, 1.82) is 0 Å². The number of aromatic nitrogens is 1. The van der Waals surface area contributed by atoms with Gasteiger partial charge in [-0.1, -0.05) is 30.3 Å². The summed E-state index contributed by atoms with van der Waals surface area (Å²) in [6.45, 7) is 0.761. The number of halogens is 1. The zero-order valence-corrected chi connectivity index (χ0v) is 14.6. The Morgan fingerprint density at radius 2 is 2.00 bits per heavy atom. The average molecular weight is 354 g/mol. The Labute approximate surface area is 150 Å². The molecule has 25 heavy (non-hydrogen) atoms. The smallest absolute Gasteiger partial charge is 0.223 e. The monoisotopic (exact) mass is 354 g/mol. The van der Waals surface area contributed by atoms with E-state index in [1.165, 1.54) is 6.07 Å². The maximum absolute atomic E-state index is 13.7. The Kier molecular flexibility index (Phi) is 4.49. The molecule has 1 aromatic heterocycles. The third kappa shape index (κ3) is 3.29. The molecule has 1 aliphatic heterocycles. The van der Waals surface area contributed by atoms with Gasteiger partial charge in [0.05, 0.1) is 16.3 Å². The summed E-state index contributed by atoms with van der Waals surface area (Å²) in [6.07, 6.45) is 2.72. The maximum Gasteiger partial charge on any atom is 0.223 e. The first-order valence-corrected chi connectivity index (χ1v) is 9.42. The van der Waals surface area contributed by atoms with E-state index < -0.39 is 0 Å². The van der Waals surface area contributed by atoms with Crippen LogP contribution in [0.15, 0.2) is 48.5 Å². The van der Waals surface area contributed by atoms with Crippen LogP contribution in [0, 0.1) is 5.82 Å². The van der Waals surface area contributed by atoms with Crippen molar-refractivity contribution in [2.45, 2.75) is 31.7 Å². The molecular weight excluding hydrogens is 335 g/mol. The fraction of sp³-hybridized carbons (Fsp3) is 0.300. The molecule has 3 nitrogen and oxygen atoms in total. The number of carbonyl (C=O) groups is 1. The minimum atomic E-state index is -0.237. The molecule has 0 N–H and O–H groups in total. The van der Waals surface area contributed by atoms with Crippen molar-refractivity contribution in [3.63, 3.8) is 0 Å². The van der Waals surface area contributed by atoms with E-state index in [9.17, 15) is 9.18 Å².